The summed E-state index contributed by atoms with van der Waals surface area (Å²) in [4.78, 5) is 23.2. The quantitative estimate of drug-likeness (QED) is 0.833. The van der Waals surface area contributed by atoms with Crippen molar-refractivity contribution in [1.82, 2.24) is 5.32 Å². The first-order chi connectivity index (χ1) is 9.06. The molecule has 1 aromatic rings. The van der Waals surface area contributed by atoms with E-state index in [9.17, 15) is 18.4 Å². The molecule has 0 radical (unpaired) electrons. The van der Waals surface area contributed by atoms with Crippen molar-refractivity contribution in [2.24, 2.45) is 5.92 Å². The molecule has 19 heavy (non-hydrogen) atoms. The van der Waals surface area contributed by atoms with Gasteiger partial charge in [-0.1, -0.05) is 23.9 Å². The Bertz CT molecular complexity index is 496. The van der Waals surface area contributed by atoms with Gasteiger partial charge in [0.05, 0.1) is 11.6 Å². The predicted molar refractivity (Wildman–Crippen MR) is 68.0 cm³/mol. The smallest absolute Gasteiger partial charge is 0.288 e. The number of halogens is 2. The molecule has 1 aliphatic heterocycles. The first-order valence-corrected chi connectivity index (χ1v) is 6.55. The minimum absolute atomic E-state index is 0.135. The summed E-state index contributed by atoms with van der Waals surface area (Å²) in [5, 5.41) is 5.15. The van der Waals surface area contributed by atoms with Crippen molar-refractivity contribution in [1.29, 1.82) is 0 Å². The van der Waals surface area contributed by atoms with E-state index in [0.29, 0.717) is 22.3 Å². The third-order valence-corrected chi connectivity index (χ3v) is 3.50. The van der Waals surface area contributed by atoms with E-state index in [0.717, 1.165) is 0 Å². The van der Waals surface area contributed by atoms with Crippen LogP contribution >= 0.6 is 11.8 Å². The van der Waals surface area contributed by atoms with Gasteiger partial charge in [-0.25, -0.2) is 0 Å². The second-order valence-electron chi connectivity index (χ2n) is 4.07. The lowest BCUT2D eigenvalue weighted by molar-refractivity contribution is -0.123. The summed E-state index contributed by atoms with van der Waals surface area (Å²) in [7, 11) is 0. The van der Waals surface area contributed by atoms with Crippen molar-refractivity contribution >= 4 is 29.3 Å². The summed E-state index contributed by atoms with van der Waals surface area (Å²) in [6.45, 7) is 0.287. The van der Waals surface area contributed by atoms with Gasteiger partial charge in [-0.2, -0.15) is 8.78 Å². The maximum absolute atomic E-state index is 12.4. The topological polar surface area (TPSA) is 58.2 Å². The molecule has 0 aliphatic carbocycles. The fourth-order valence-corrected chi connectivity index (χ4v) is 2.39. The molecule has 1 heterocycles. The Morgan fingerprint density at radius 2 is 2.16 bits per heavy atom. The van der Waals surface area contributed by atoms with Crippen LogP contribution in [0.4, 0.5) is 14.5 Å². The summed E-state index contributed by atoms with van der Waals surface area (Å²) in [5.41, 5.74) is 0.345. The van der Waals surface area contributed by atoms with Gasteiger partial charge in [0.25, 0.3) is 5.76 Å². The van der Waals surface area contributed by atoms with Crippen molar-refractivity contribution in [3.63, 3.8) is 0 Å². The van der Waals surface area contributed by atoms with E-state index in [1.165, 1.54) is 6.07 Å². The Morgan fingerprint density at radius 3 is 2.79 bits per heavy atom. The number of thioether (sulfide) groups is 1. The molecule has 0 aromatic heterocycles. The molecular weight excluding hydrogens is 274 g/mol. The molecule has 0 spiro atoms. The van der Waals surface area contributed by atoms with Crippen LogP contribution in [0.2, 0.25) is 0 Å². The van der Waals surface area contributed by atoms with E-state index in [2.05, 4.69) is 10.6 Å². The highest BCUT2D eigenvalue weighted by atomic mass is 32.2. The first kappa shape index (κ1) is 13.8. The Hall–Kier alpha value is -1.63. The number of alkyl halides is 2. The van der Waals surface area contributed by atoms with E-state index < -0.39 is 11.7 Å². The van der Waals surface area contributed by atoms with Crippen LogP contribution in [0.5, 0.6) is 0 Å². The van der Waals surface area contributed by atoms with Gasteiger partial charge in [0.15, 0.2) is 0 Å². The zero-order valence-corrected chi connectivity index (χ0v) is 10.7. The van der Waals surface area contributed by atoms with Crippen LogP contribution in [0.25, 0.3) is 0 Å². The lowest BCUT2D eigenvalue weighted by atomic mass is 10.1. The van der Waals surface area contributed by atoms with Crippen LogP contribution in [-0.4, -0.2) is 24.1 Å². The second kappa shape index (κ2) is 6.01. The number of para-hydroxylation sites is 1. The van der Waals surface area contributed by atoms with Gasteiger partial charge in [-0.05, 0) is 12.1 Å². The van der Waals surface area contributed by atoms with Crippen molar-refractivity contribution in [3.05, 3.63) is 24.3 Å². The van der Waals surface area contributed by atoms with Gasteiger partial charge in [0, 0.05) is 17.9 Å². The number of carbonyl (C=O) groups excluding carboxylic acids is 2. The number of benzene rings is 1. The van der Waals surface area contributed by atoms with Gasteiger partial charge in [0.2, 0.25) is 11.8 Å². The normalized spacial score (nSPS) is 18.5. The van der Waals surface area contributed by atoms with Crippen molar-refractivity contribution in [2.45, 2.75) is 17.1 Å². The zero-order valence-electron chi connectivity index (χ0n) is 9.86. The standard InChI is InChI=1S/C12H12F2N2O2S/c13-12(14)19-9-4-2-1-3-8(9)16-11(18)7-5-10(17)15-6-7/h1-4,7,12H,5-6H2,(H,15,17)(H,16,18). The monoisotopic (exact) mass is 286 g/mol. The van der Waals surface area contributed by atoms with Gasteiger partial charge in [-0.3, -0.25) is 9.59 Å². The molecule has 1 atom stereocenters. The number of carbonyl (C=O) groups is 2. The van der Waals surface area contributed by atoms with Gasteiger partial charge in [0.1, 0.15) is 0 Å². The molecule has 1 unspecified atom stereocenters. The van der Waals surface area contributed by atoms with Crippen LogP contribution < -0.4 is 10.6 Å². The predicted octanol–water partition coefficient (Wildman–Crippen LogP) is 2.08. The average molecular weight is 286 g/mol. The molecule has 0 saturated carbocycles. The fraction of sp³-hybridized carbons (Fsp3) is 0.333. The number of anilines is 1. The molecule has 7 heteroatoms. The van der Waals surface area contributed by atoms with Crippen LogP contribution in [0, 0.1) is 5.92 Å². The van der Waals surface area contributed by atoms with Crippen molar-refractivity contribution < 1.29 is 18.4 Å². The zero-order chi connectivity index (χ0) is 13.8. The van der Waals surface area contributed by atoms with Gasteiger partial charge < -0.3 is 10.6 Å². The van der Waals surface area contributed by atoms with Gasteiger partial charge >= 0.3 is 0 Å². The van der Waals surface area contributed by atoms with Crippen LogP contribution in [0.15, 0.2) is 29.2 Å². The molecule has 1 aromatic carbocycles. The van der Waals surface area contributed by atoms with Gasteiger partial charge in [-0.15, -0.1) is 0 Å². The molecule has 102 valence electrons. The molecule has 2 amide bonds. The minimum atomic E-state index is -2.55. The maximum atomic E-state index is 12.4. The third kappa shape index (κ3) is 3.66. The molecule has 4 nitrogen and oxygen atoms in total. The number of hydrogen-bond acceptors (Lipinski definition) is 3. The summed E-state index contributed by atoms with van der Waals surface area (Å²) < 4.78 is 24.8. The SMILES string of the molecule is O=C1CC(C(=O)Nc2ccccc2SC(F)F)CN1. The number of rotatable bonds is 4. The highest BCUT2D eigenvalue weighted by molar-refractivity contribution is 7.99. The summed E-state index contributed by atoms with van der Waals surface area (Å²) in [6, 6.07) is 6.36. The lowest BCUT2D eigenvalue weighted by Gasteiger charge is -2.12. The minimum Gasteiger partial charge on any atom is -0.355 e. The number of amides is 2. The largest absolute Gasteiger partial charge is 0.355 e. The van der Waals surface area contributed by atoms with Crippen LogP contribution in [0.3, 0.4) is 0 Å². The number of hydrogen-bond donors (Lipinski definition) is 2. The Labute approximate surface area is 112 Å². The first-order valence-electron chi connectivity index (χ1n) is 5.67. The van der Waals surface area contributed by atoms with E-state index in [-0.39, 0.29) is 24.8 Å². The molecule has 2 N–H and O–H groups in total. The summed E-state index contributed by atoms with van der Waals surface area (Å²) in [6.07, 6.45) is 0.135. The van der Waals surface area contributed by atoms with E-state index >= 15 is 0 Å². The molecule has 0 bridgehead atoms. The molecule has 1 aliphatic rings. The molecule has 2 rings (SSSR count). The number of nitrogens with one attached hydrogen (secondary N) is 2. The van der Waals surface area contributed by atoms with Crippen LogP contribution in [0.1, 0.15) is 6.42 Å². The van der Waals surface area contributed by atoms with Crippen molar-refractivity contribution in [3.8, 4) is 0 Å². The highest BCUT2D eigenvalue weighted by Crippen LogP contribution is 2.32. The Kier molecular flexibility index (Phi) is 4.36. The van der Waals surface area contributed by atoms with E-state index in [1.807, 2.05) is 0 Å². The molecular formula is C12H12F2N2O2S. The molecule has 1 saturated heterocycles. The van der Waals surface area contributed by atoms with E-state index in [1.54, 1.807) is 18.2 Å². The Balaban J connectivity index is 2.06. The third-order valence-electron chi connectivity index (χ3n) is 2.71. The Morgan fingerprint density at radius 1 is 1.42 bits per heavy atom. The fourth-order valence-electron chi connectivity index (χ4n) is 1.79. The van der Waals surface area contributed by atoms with Crippen LogP contribution in [-0.2, 0) is 9.59 Å². The summed E-state index contributed by atoms with van der Waals surface area (Å²) in [5.74, 6) is -3.50. The highest BCUT2D eigenvalue weighted by Gasteiger charge is 2.28. The summed E-state index contributed by atoms with van der Waals surface area (Å²) >= 11 is 0.380. The van der Waals surface area contributed by atoms with Crippen molar-refractivity contribution in [2.75, 3.05) is 11.9 Å². The second-order valence-corrected chi connectivity index (χ2v) is 5.10. The average Bonchev–Trinajstić information content (AvgIpc) is 2.78. The lowest BCUT2D eigenvalue weighted by Crippen LogP contribution is -2.24. The maximum Gasteiger partial charge on any atom is 0.288 e. The molecule has 1 fully saturated rings. The van der Waals surface area contributed by atoms with E-state index in [4.69, 9.17) is 0 Å².